The van der Waals surface area contributed by atoms with Crippen LogP contribution in [-0.4, -0.2) is 28.4 Å². The molecule has 2 heterocycles. The van der Waals surface area contributed by atoms with Crippen LogP contribution >= 0.6 is 12.2 Å². The number of para-hydroxylation sites is 1. The van der Waals surface area contributed by atoms with Gasteiger partial charge in [-0.3, -0.25) is 9.69 Å². The Labute approximate surface area is 190 Å². The van der Waals surface area contributed by atoms with E-state index in [1.165, 1.54) is 13.2 Å². The quantitative estimate of drug-likeness (QED) is 0.501. The number of hydrogen-bond donors (Lipinski definition) is 3. The largest absolute Gasteiger partial charge is 0.504 e. The van der Waals surface area contributed by atoms with E-state index >= 15 is 0 Å². The molecule has 0 radical (unpaired) electrons. The molecule has 0 unspecified atom stereocenters. The fourth-order valence-corrected chi connectivity index (χ4v) is 4.02. The number of amides is 1. The van der Waals surface area contributed by atoms with Gasteiger partial charge in [0.1, 0.15) is 5.76 Å². The van der Waals surface area contributed by atoms with Gasteiger partial charge in [0.2, 0.25) is 0 Å². The van der Waals surface area contributed by atoms with E-state index in [2.05, 4.69) is 15.8 Å². The molecule has 1 aromatic heterocycles. The molecule has 3 N–H and O–H groups in total. The molecule has 0 fully saturated rings. The van der Waals surface area contributed by atoms with E-state index in [9.17, 15) is 9.90 Å². The van der Waals surface area contributed by atoms with Crippen LogP contribution in [0.4, 0.5) is 11.5 Å². The third-order valence-corrected chi connectivity index (χ3v) is 5.45. The number of carbonyl (C=O) groups excluding carboxylic acids is 1. The molecular formula is C23H22N4O4S. The number of hydrogen-bond acceptors (Lipinski definition) is 6. The lowest BCUT2D eigenvalue weighted by Crippen LogP contribution is -2.48. The van der Waals surface area contributed by atoms with Crippen molar-refractivity contribution >= 4 is 34.7 Å². The first-order valence-corrected chi connectivity index (χ1v) is 10.3. The third kappa shape index (κ3) is 4.02. The first-order valence-electron chi connectivity index (χ1n) is 9.87. The predicted octanol–water partition coefficient (Wildman–Crippen LogP) is 4.05. The number of benzene rings is 2. The molecule has 8 nitrogen and oxygen atoms in total. The van der Waals surface area contributed by atoms with Gasteiger partial charge in [-0.1, -0.05) is 29.4 Å². The highest BCUT2D eigenvalue weighted by atomic mass is 32.1. The number of anilines is 2. The van der Waals surface area contributed by atoms with E-state index in [-0.39, 0.29) is 11.7 Å². The number of aromatic nitrogens is 1. The molecule has 0 aliphatic carbocycles. The van der Waals surface area contributed by atoms with Gasteiger partial charge < -0.3 is 25.0 Å². The zero-order valence-electron chi connectivity index (χ0n) is 17.7. The van der Waals surface area contributed by atoms with Crippen molar-refractivity contribution in [3.8, 4) is 11.5 Å². The van der Waals surface area contributed by atoms with Crippen molar-refractivity contribution in [2.75, 3.05) is 17.3 Å². The summed E-state index contributed by atoms with van der Waals surface area (Å²) < 4.78 is 10.3. The van der Waals surface area contributed by atoms with Crippen LogP contribution in [0.15, 0.2) is 70.4 Å². The summed E-state index contributed by atoms with van der Waals surface area (Å²) in [5, 5.41) is 20.4. The molecule has 1 amide bonds. The summed E-state index contributed by atoms with van der Waals surface area (Å²) >= 11 is 5.66. The topological polar surface area (TPSA) is 99.9 Å². The third-order valence-electron chi connectivity index (χ3n) is 5.15. The molecule has 2 aromatic carbocycles. The second-order valence-corrected chi connectivity index (χ2v) is 7.65. The SMILES string of the molecule is COc1cc([C@@H]2NC(=S)N(c3ccccc3)C(C)=C2C(=O)Nc2cc(C)on2)ccc1O. The Morgan fingerprint density at radius 3 is 2.62 bits per heavy atom. The van der Waals surface area contributed by atoms with Gasteiger partial charge >= 0.3 is 0 Å². The van der Waals surface area contributed by atoms with Gasteiger partial charge in [-0.15, -0.1) is 0 Å². The molecule has 1 atom stereocenters. The zero-order chi connectivity index (χ0) is 22.8. The van der Waals surface area contributed by atoms with Gasteiger partial charge in [-0.25, -0.2) is 0 Å². The van der Waals surface area contributed by atoms with E-state index in [0.717, 1.165) is 5.69 Å². The molecule has 1 aliphatic heterocycles. The lowest BCUT2D eigenvalue weighted by molar-refractivity contribution is -0.113. The highest BCUT2D eigenvalue weighted by molar-refractivity contribution is 7.80. The lowest BCUT2D eigenvalue weighted by Gasteiger charge is -2.38. The summed E-state index contributed by atoms with van der Waals surface area (Å²) in [5.74, 6) is 0.841. The standard InChI is InChI=1S/C23H22N4O4S/c1-13-11-19(26-31-13)24-22(29)20-14(2)27(16-7-5-4-6-8-16)23(32)25-21(20)15-9-10-17(28)18(12-15)30-3/h4-12,21,28H,1-3H3,(H,25,32)(H,24,26,29)/t21-/m0/s1. The van der Waals surface area contributed by atoms with Crippen LogP contribution in [0, 0.1) is 6.92 Å². The minimum absolute atomic E-state index is 0.00493. The van der Waals surface area contributed by atoms with Gasteiger partial charge in [-0.05, 0) is 55.9 Å². The average Bonchev–Trinajstić information content (AvgIpc) is 3.18. The zero-order valence-corrected chi connectivity index (χ0v) is 18.6. The van der Waals surface area contributed by atoms with Gasteiger partial charge in [0.05, 0.1) is 18.7 Å². The number of phenolic OH excluding ortho intramolecular Hbond substituents is 1. The number of thiocarbonyl (C=S) groups is 1. The molecule has 0 saturated heterocycles. The number of carbonyl (C=O) groups is 1. The normalized spacial score (nSPS) is 16.0. The Balaban J connectivity index is 1.82. The molecule has 1 aliphatic rings. The van der Waals surface area contributed by atoms with Crippen LogP contribution < -0.4 is 20.3 Å². The van der Waals surface area contributed by atoms with Gasteiger partial charge in [0.25, 0.3) is 5.91 Å². The van der Waals surface area contributed by atoms with Crippen LogP contribution in [0.5, 0.6) is 11.5 Å². The first kappa shape index (κ1) is 21.4. The molecule has 0 saturated carbocycles. The van der Waals surface area contributed by atoms with Crippen LogP contribution in [0.25, 0.3) is 0 Å². The second kappa shape index (κ2) is 8.72. The van der Waals surface area contributed by atoms with Crippen molar-refractivity contribution in [2.24, 2.45) is 0 Å². The number of aromatic hydroxyl groups is 1. The summed E-state index contributed by atoms with van der Waals surface area (Å²) in [4.78, 5) is 15.2. The monoisotopic (exact) mass is 450 g/mol. The van der Waals surface area contributed by atoms with Crippen molar-refractivity contribution < 1.29 is 19.2 Å². The summed E-state index contributed by atoms with van der Waals surface area (Å²) in [6, 6.07) is 15.5. The maximum Gasteiger partial charge on any atom is 0.257 e. The second-order valence-electron chi connectivity index (χ2n) is 7.26. The van der Waals surface area contributed by atoms with Crippen molar-refractivity contribution in [3.05, 3.63) is 77.2 Å². The number of ether oxygens (including phenoxy) is 1. The molecule has 0 spiro atoms. The fraction of sp³-hybridized carbons (Fsp3) is 0.174. The summed E-state index contributed by atoms with van der Waals surface area (Å²) in [6.45, 7) is 3.59. The molecule has 3 aromatic rings. The Morgan fingerprint density at radius 2 is 1.97 bits per heavy atom. The maximum absolute atomic E-state index is 13.4. The maximum atomic E-state index is 13.4. The van der Waals surface area contributed by atoms with E-state index in [4.69, 9.17) is 21.5 Å². The Kier molecular flexibility index (Phi) is 5.83. The van der Waals surface area contributed by atoms with E-state index in [1.54, 1.807) is 25.1 Å². The average molecular weight is 451 g/mol. The number of aryl methyl sites for hydroxylation is 1. The minimum atomic E-state index is -0.579. The predicted molar refractivity (Wildman–Crippen MR) is 125 cm³/mol. The number of rotatable bonds is 5. The van der Waals surface area contributed by atoms with E-state index < -0.39 is 6.04 Å². The number of nitrogens with zero attached hydrogens (tertiary/aromatic N) is 2. The number of phenols is 1. The molecule has 9 heteroatoms. The van der Waals surface area contributed by atoms with Crippen LogP contribution in [0.2, 0.25) is 0 Å². The van der Waals surface area contributed by atoms with Crippen LogP contribution in [0.1, 0.15) is 24.3 Å². The van der Waals surface area contributed by atoms with Gasteiger partial charge in [0.15, 0.2) is 22.4 Å². The summed E-state index contributed by atoms with van der Waals surface area (Å²) in [5.41, 5.74) is 2.63. The molecule has 4 rings (SSSR count). The lowest BCUT2D eigenvalue weighted by atomic mass is 9.93. The minimum Gasteiger partial charge on any atom is -0.504 e. The smallest absolute Gasteiger partial charge is 0.257 e. The van der Waals surface area contributed by atoms with Crippen LogP contribution in [0.3, 0.4) is 0 Å². The number of nitrogens with one attached hydrogen (secondary N) is 2. The Morgan fingerprint density at radius 1 is 1.22 bits per heavy atom. The van der Waals surface area contributed by atoms with Crippen molar-refractivity contribution in [2.45, 2.75) is 19.9 Å². The molecule has 32 heavy (non-hydrogen) atoms. The van der Waals surface area contributed by atoms with Gasteiger partial charge in [-0.2, -0.15) is 0 Å². The van der Waals surface area contributed by atoms with E-state index in [1.807, 2.05) is 42.2 Å². The fourth-order valence-electron chi connectivity index (χ4n) is 3.66. The Bertz CT molecular complexity index is 1210. The first-order chi connectivity index (χ1) is 15.4. The van der Waals surface area contributed by atoms with Gasteiger partial charge in [0, 0.05) is 17.5 Å². The number of methoxy groups -OCH3 is 1. The summed E-state index contributed by atoms with van der Waals surface area (Å²) in [6.07, 6.45) is 0. The van der Waals surface area contributed by atoms with Crippen molar-refractivity contribution in [3.63, 3.8) is 0 Å². The number of allylic oxidation sites excluding steroid dienone is 1. The van der Waals surface area contributed by atoms with Crippen LogP contribution in [-0.2, 0) is 4.79 Å². The van der Waals surface area contributed by atoms with Crippen molar-refractivity contribution in [1.82, 2.24) is 10.5 Å². The highest BCUT2D eigenvalue weighted by Gasteiger charge is 2.35. The molecule has 0 bridgehead atoms. The summed E-state index contributed by atoms with van der Waals surface area (Å²) in [7, 11) is 1.47. The Hall–Kier alpha value is -3.85. The highest BCUT2D eigenvalue weighted by Crippen LogP contribution is 2.37. The molecule has 164 valence electrons. The van der Waals surface area contributed by atoms with Crippen molar-refractivity contribution in [1.29, 1.82) is 0 Å². The molecular weight excluding hydrogens is 428 g/mol. The van der Waals surface area contributed by atoms with E-state index in [0.29, 0.717) is 39.3 Å².